The third-order valence-corrected chi connectivity index (χ3v) is 9.79. The van der Waals surface area contributed by atoms with Crippen LogP contribution in [0, 0.1) is 11.7 Å². The fourth-order valence-electron chi connectivity index (χ4n) is 6.53. The Morgan fingerprint density at radius 2 is 1.78 bits per heavy atom. The molecule has 284 valence electrons. The van der Waals surface area contributed by atoms with Crippen LogP contribution in [0.1, 0.15) is 52.9 Å². The number of aromatic nitrogens is 4. The molecule has 1 aromatic heterocycles. The zero-order valence-corrected chi connectivity index (χ0v) is 30.0. The van der Waals surface area contributed by atoms with Gasteiger partial charge in [-0.25, -0.2) is 9.18 Å². The zero-order valence-electron chi connectivity index (χ0n) is 29.3. The number of piperazine rings is 1. The minimum absolute atomic E-state index is 0.00293. The molecule has 0 spiro atoms. The van der Waals surface area contributed by atoms with E-state index in [0.717, 1.165) is 6.08 Å². The Balaban J connectivity index is 1.30. The number of anilines is 2. The maximum Gasteiger partial charge on any atom is 0.335 e. The van der Waals surface area contributed by atoms with Crippen molar-refractivity contribution >= 4 is 64.6 Å². The van der Waals surface area contributed by atoms with Crippen LogP contribution in [0.3, 0.4) is 0 Å². The van der Waals surface area contributed by atoms with Crippen molar-refractivity contribution in [2.45, 2.75) is 32.2 Å². The monoisotopic (exact) mass is 772 g/mol. The number of carbonyl (C=O) groups excluding carboxylic acids is 4. The van der Waals surface area contributed by atoms with E-state index < -0.39 is 41.5 Å². The van der Waals surface area contributed by atoms with Crippen LogP contribution in [0.5, 0.6) is 0 Å². The third-order valence-electron chi connectivity index (χ3n) is 9.50. The molecule has 3 aromatic carbocycles. The first kappa shape index (κ1) is 38.2. The van der Waals surface area contributed by atoms with Crippen molar-refractivity contribution in [1.29, 1.82) is 0 Å². The maximum absolute atomic E-state index is 15.3. The van der Waals surface area contributed by atoms with Crippen molar-refractivity contribution in [3.8, 4) is 5.69 Å². The predicted octanol–water partition coefficient (Wildman–Crippen LogP) is 3.61. The summed E-state index contributed by atoms with van der Waals surface area (Å²) in [5, 5.41) is 32.0. The summed E-state index contributed by atoms with van der Waals surface area (Å²) in [7, 11) is 0. The van der Waals surface area contributed by atoms with Crippen LogP contribution in [-0.4, -0.2) is 102 Å². The molecule has 2 aliphatic rings. The smallest absolute Gasteiger partial charge is 0.335 e. The standard InChI is InChI=1S/C37H34ClFN8O8/c1-21(36(52)53)5-13-30(48)44-17-18-45(32(50)19-44)28-4-2-3-25-24(28)15-16-46(34(25)35(51)41-23-8-6-22(7-9-23)37(54)55)31(49)14-10-26-29(47-20-40-42-43-47)12-11-27(38)33(26)39/h2-4,6-12,14,20-21,34H,5,13,15-19H2,1H3,(H,41,51)(H,52,53)(H,54,55)/b14-10+/t21-,34?/m0/s1. The third kappa shape index (κ3) is 8.21. The lowest BCUT2D eigenvalue weighted by atomic mass is 9.89. The SMILES string of the molecule is C[C@@H](CCC(=O)N1CCN(c2cccc3c2CCN(C(=O)/C=C/c2c(-n4cnnn4)ccc(Cl)c2F)C3C(=O)Nc2ccc(C(=O)O)cc2)C(=O)C1)C(=O)O. The molecule has 1 fully saturated rings. The molecule has 0 saturated carbocycles. The Hall–Kier alpha value is -6.49. The normalized spacial score (nSPS) is 16.2. The number of nitrogens with one attached hydrogen (secondary N) is 1. The van der Waals surface area contributed by atoms with Gasteiger partial charge in [-0.2, -0.15) is 4.68 Å². The Labute approximate surface area is 317 Å². The highest BCUT2D eigenvalue weighted by Crippen LogP contribution is 2.37. The number of rotatable bonds is 11. The number of nitrogens with zero attached hydrogens (tertiary/aromatic N) is 7. The molecule has 2 atom stereocenters. The van der Waals surface area contributed by atoms with E-state index in [2.05, 4.69) is 20.8 Å². The van der Waals surface area contributed by atoms with Crippen LogP contribution in [0.2, 0.25) is 5.02 Å². The number of amides is 4. The van der Waals surface area contributed by atoms with Crippen molar-refractivity contribution < 1.29 is 43.4 Å². The molecule has 1 unspecified atom stereocenters. The highest BCUT2D eigenvalue weighted by molar-refractivity contribution is 6.31. The number of tetrazole rings is 1. The number of benzene rings is 3. The Morgan fingerprint density at radius 3 is 2.45 bits per heavy atom. The van der Waals surface area contributed by atoms with Crippen molar-refractivity contribution in [1.82, 2.24) is 30.0 Å². The molecule has 4 aromatic rings. The van der Waals surface area contributed by atoms with Crippen molar-refractivity contribution in [2.24, 2.45) is 5.92 Å². The van der Waals surface area contributed by atoms with E-state index in [-0.39, 0.29) is 84.8 Å². The zero-order chi connectivity index (χ0) is 39.4. The second-order valence-corrected chi connectivity index (χ2v) is 13.3. The molecule has 4 amide bonds. The summed E-state index contributed by atoms with van der Waals surface area (Å²) >= 11 is 6.07. The number of halogens is 2. The highest BCUT2D eigenvalue weighted by Gasteiger charge is 2.38. The van der Waals surface area contributed by atoms with E-state index in [1.165, 1.54) is 75.1 Å². The molecule has 3 heterocycles. The average molecular weight is 773 g/mol. The number of carboxylic acid groups (broad SMARTS) is 2. The average Bonchev–Trinajstić information content (AvgIpc) is 3.71. The van der Waals surface area contributed by atoms with Gasteiger partial charge in [-0.05, 0) is 82.9 Å². The molecule has 55 heavy (non-hydrogen) atoms. The van der Waals surface area contributed by atoms with Crippen LogP contribution in [0.15, 0.2) is 67.0 Å². The molecule has 18 heteroatoms. The van der Waals surface area contributed by atoms with Gasteiger partial charge in [-0.15, -0.1) is 5.10 Å². The van der Waals surface area contributed by atoms with Crippen LogP contribution < -0.4 is 10.2 Å². The molecule has 16 nitrogen and oxygen atoms in total. The van der Waals surface area contributed by atoms with Gasteiger partial charge in [0.05, 0.1) is 22.2 Å². The number of aromatic carboxylic acids is 1. The van der Waals surface area contributed by atoms with Crippen molar-refractivity contribution in [3.63, 3.8) is 0 Å². The molecule has 3 N–H and O–H groups in total. The first-order chi connectivity index (χ1) is 26.3. The van der Waals surface area contributed by atoms with Crippen LogP contribution in [0.25, 0.3) is 11.8 Å². The molecule has 1 saturated heterocycles. The second-order valence-electron chi connectivity index (χ2n) is 12.9. The van der Waals surface area contributed by atoms with Gasteiger partial charge in [0.15, 0.2) is 5.82 Å². The molecule has 0 bridgehead atoms. The Kier molecular flexibility index (Phi) is 11.3. The van der Waals surface area contributed by atoms with Crippen molar-refractivity contribution in [2.75, 3.05) is 36.4 Å². The summed E-state index contributed by atoms with van der Waals surface area (Å²) in [4.78, 5) is 81.3. The molecular weight excluding hydrogens is 739 g/mol. The topological polar surface area (TPSA) is 208 Å². The largest absolute Gasteiger partial charge is 0.481 e. The van der Waals surface area contributed by atoms with E-state index in [4.69, 9.17) is 16.7 Å². The van der Waals surface area contributed by atoms with E-state index in [9.17, 15) is 33.9 Å². The summed E-state index contributed by atoms with van der Waals surface area (Å²) in [6.45, 7) is 1.65. The summed E-state index contributed by atoms with van der Waals surface area (Å²) < 4.78 is 16.5. The van der Waals surface area contributed by atoms with Gasteiger partial charge < -0.3 is 30.2 Å². The Bertz CT molecular complexity index is 2200. The minimum Gasteiger partial charge on any atom is -0.481 e. The highest BCUT2D eigenvalue weighted by atomic mass is 35.5. The van der Waals surface area contributed by atoms with Crippen LogP contribution >= 0.6 is 11.6 Å². The van der Waals surface area contributed by atoms with E-state index in [1.807, 2.05) is 0 Å². The van der Waals surface area contributed by atoms with Gasteiger partial charge in [0, 0.05) is 49.1 Å². The summed E-state index contributed by atoms with van der Waals surface area (Å²) in [6.07, 6.45) is 3.92. The number of carboxylic acids is 2. The number of hydrogen-bond acceptors (Lipinski definition) is 9. The first-order valence-electron chi connectivity index (χ1n) is 17.1. The predicted molar refractivity (Wildman–Crippen MR) is 195 cm³/mol. The fourth-order valence-corrected chi connectivity index (χ4v) is 6.69. The number of fused-ring (bicyclic) bond motifs is 1. The van der Waals surface area contributed by atoms with Gasteiger partial charge >= 0.3 is 11.9 Å². The maximum atomic E-state index is 15.3. The number of aliphatic carboxylic acids is 1. The number of hydrogen-bond donors (Lipinski definition) is 3. The lowest BCUT2D eigenvalue weighted by molar-refractivity contribution is -0.142. The summed E-state index contributed by atoms with van der Waals surface area (Å²) in [6, 6.07) is 12.1. The molecular formula is C37H34ClFN8O8. The van der Waals surface area contributed by atoms with Crippen LogP contribution in [0.4, 0.5) is 15.8 Å². The molecule has 0 radical (unpaired) electrons. The second kappa shape index (κ2) is 16.3. The van der Waals surface area contributed by atoms with E-state index in [1.54, 1.807) is 18.2 Å². The lowest BCUT2D eigenvalue weighted by Gasteiger charge is -2.40. The van der Waals surface area contributed by atoms with Gasteiger partial charge in [0.1, 0.15) is 18.9 Å². The van der Waals surface area contributed by atoms with Gasteiger partial charge in [0.2, 0.25) is 17.7 Å². The summed E-state index contributed by atoms with van der Waals surface area (Å²) in [5.41, 5.74) is 1.94. The summed E-state index contributed by atoms with van der Waals surface area (Å²) in [5.74, 6) is -5.68. The lowest BCUT2D eigenvalue weighted by Crippen LogP contribution is -2.53. The quantitative estimate of drug-likeness (QED) is 0.188. The molecule has 2 aliphatic heterocycles. The van der Waals surface area contributed by atoms with Gasteiger partial charge in [-0.3, -0.25) is 24.0 Å². The number of carbonyl (C=O) groups is 6. The van der Waals surface area contributed by atoms with Crippen molar-refractivity contribution in [3.05, 3.63) is 100 Å². The minimum atomic E-state index is -1.25. The fraction of sp³-hybridized carbons (Fsp3) is 0.270. The van der Waals surface area contributed by atoms with Gasteiger partial charge in [-0.1, -0.05) is 30.7 Å². The molecule has 6 rings (SSSR count). The Morgan fingerprint density at radius 1 is 1.02 bits per heavy atom. The van der Waals surface area contributed by atoms with E-state index in [0.29, 0.717) is 16.8 Å². The van der Waals surface area contributed by atoms with E-state index >= 15 is 4.39 Å². The first-order valence-corrected chi connectivity index (χ1v) is 17.5. The molecule has 0 aliphatic carbocycles. The van der Waals surface area contributed by atoms with Crippen LogP contribution in [-0.2, 0) is 30.4 Å². The van der Waals surface area contributed by atoms with Gasteiger partial charge in [0.25, 0.3) is 5.91 Å².